The van der Waals surface area contributed by atoms with Gasteiger partial charge in [-0.05, 0) is 43.6 Å². The van der Waals surface area contributed by atoms with E-state index in [1.807, 2.05) is 16.4 Å². The van der Waals surface area contributed by atoms with Gasteiger partial charge in [0.15, 0.2) is 0 Å². The topological polar surface area (TPSA) is 55.2 Å². The van der Waals surface area contributed by atoms with Gasteiger partial charge in [0.1, 0.15) is 10.7 Å². The zero-order valence-corrected chi connectivity index (χ0v) is 16.0. The van der Waals surface area contributed by atoms with Crippen LogP contribution in [0.5, 0.6) is 0 Å². The molecule has 6 heteroatoms. The van der Waals surface area contributed by atoms with E-state index in [-0.39, 0.29) is 11.5 Å². The number of amides is 1. The summed E-state index contributed by atoms with van der Waals surface area (Å²) in [4.78, 5) is 34.2. The largest absolute Gasteiger partial charge is 0.337 e. The lowest BCUT2D eigenvalue weighted by molar-refractivity contribution is 0.0627. The molecule has 0 aromatic carbocycles. The van der Waals surface area contributed by atoms with E-state index in [4.69, 9.17) is 4.98 Å². The molecule has 0 spiro atoms. The van der Waals surface area contributed by atoms with Crippen LogP contribution in [-0.4, -0.2) is 33.4 Å². The summed E-state index contributed by atoms with van der Waals surface area (Å²) in [6, 6.07) is 0. The maximum absolute atomic E-state index is 13.1. The van der Waals surface area contributed by atoms with Crippen molar-refractivity contribution in [2.75, 3.05) is 13.1 Å². The van der Waals surface area contributed by atoms with Crippen molar-refractivity contribution < 1.29 is 4.79 Å². The highest BCUT2D eigenvalue weighted by Gasteiger charge is 2.29. The van der Waals surface area contributed by atoms with Crippen LogP contribution in [0.1, 0.15) is 54.2 Å². The second kappa shape index (κ2) is 6.24. The van der Waals surface area contributed by atoms with Crippen molar-refractivity contribution in [1.82, 2.24) is 14.5 Å². The smallest absolute Gasteiger partial charge is 0.264 e. The molecular formula is C19H25N3O2S. The van der Waals surface area contributed by atoms with Gasteiger partial charge in [-0.1, -0.05) is 13.8 Å². The summed E-state index contributed by atoms with van der Waals surface area (Å²) in [6.45, 7) is 8.67. The van der Waals surface area contributed by atoms with E-state index in [1.165, 1.54) is 17.8 Å². The van der Waals surface area contributed by atoms with Crippen molar-refractivity contribution >= 4 is 27.5 Å². The second-order valence-electron chi connectivity index (χ2n) is 7.83. The highest BCUT2D eigenvalue weighted by molar-refractivity contribution is 7.20. The Bertz CT molecular complexity index is 888. The van der Waals surface area contributed by atoms with Gasteiger partial charge in [-0.15, -0.1) is 11.3 Å². The lowest BCUT2D eigenvalue weighted by Gasteiger charge is -2.34. The molecule has 0 radical (unpaired) electrons. The number of aryl methyl sites for hydroxylation is 2. The average Bonchev–Trinajstić information content (AvgIpc) is 2.90. The predicted molar refractivity (Wildman–Crippen MR) is 100 cm³/mol. The number of aromatic nitrogens is 2. The molecule has 1 fully saturated rings. The van der Waals surface area contributed by atoms with Crippen LogP contribution in [0.3, 0.4) is 0 Å². The minimum absolute atomic E-state index is 0.0351. The van der Waals surface area contributed by atoms with Crippen LogP contribution in [-0.2, 0) is 13.0 Å². The molecular weight excluding hydrogens is 334 g/mol. The van der Waals surface area contributed by atoms with Crippen LogP contribution in [0, 0.1) is 18.8 Å². The van der Waals surface area contributed by atoms with E-state index in [0.717, 1.165) is 55.1 Å². The highest BCUT2D eigenvalue weighted by atomic mass is 32.1. The maximum atomic E-state index is 13.1. The summed E-state index contributed by atoms with van der Waals surface area (Å²) < 4.78 is 1.81. The van der Waals surface area contributed by atoms with Crippen LogP contribution < -0.4 is 5.56 Å². The number of piperidine rings is 1. The van der Waals surface area contributed by atoms with Gasteiger partial charge in [0.05, 0.1) is 10.3 Å². The third-order valence-corrected chi connectivity index (χ3v) is 6.69. The predicted octanol–water partition coefficient (Wildman–Crippen LogP) is 3.22. The standard InChI is InChI=1S/C19H25N3O2S/c1-11-8-12(2)10-21(9-11)19(24)16-13(3)15-17(25-16)20-14-6-4-5-7-22(14)18(15)23/h11-12H,4-10H2,1-3H3/t11-,12-/m0/s1. The van der Waals surface area contributed by atoms with E-state index in [0.29, 0.717) is 22.1 Å². The van der Waals surface area contributed by atoms with E-state index in [1.54, 1.807) is 0 Å². The Morgan fingerprint density at radius 2 is 1.92 bits per heavy atom. The minimum atomic E-state index is 0.0351. The van der Waals surface area contributed by atoms with Crippen molar-refractivity contribution in [2.24, 2.45) is 11.8 Å². The molecule has 0 N–H and O–H groups in total. The van der Waals surface area contributed by atoms with Crippen molar-refractivity contribution in [1.29, 1.82) is 0 Å². The molecule has 0 bridgehead atoms. The van der Waals surface area contributed by atoms with Gasteiger partial charge in [0, 0.05) is 26.1 Å². The molecule has 0 saturated carbocycles. The van der Waals surface area contributed by atoms with Gasteiger partial charge in [-0.2, -0.15) is 0 Å². The maximum Gasteiger partial charge on any atom is 0.264 e. The Labute approximate surface area is 151 Å². The summed E-state index contributed by atoms with van der Waals surface area (Å²) in [5.41, 5.74) is 0.849. The number of carbonyl (C=O) groups is 1. The molecule has 1 saturated heterocycles. The molecule has 134 valence electrons. The number of hydrogen-bond donors (Lipinski definition) is 0. The van der Waals surface area contributed by atoms with Gasteiger partial charge in [0.2, 0.25) is 0 Å². The Morgan fingerprint density at radius 1 is 1.20 bits per heavy atom. The molecule has 2 aliphatic rings. The number of carbonyl (C=O) groups excluding carboxylic acids is 1. The third kappa shape index (κ3) is 2.80. The average molecular weight is 359 g/mol. The summed E-state index contributed by atoms with van der Waals surface area (Å²) in [7, 11) is 0. The summed E-state index contributed by atoms with van der Waals surface area (Å²) in [5.74, 6) is 2.00. The summed E-state index contributed by atoms with van der Waals surface area (Å²) in [5, 5.41) is 0.650. The number of thiophene rings is 1. The van der Waals surface area contributed by atoms with E-state index in [9.17, 15) is 9.59 Å². The number of fused-ring (bicyclic) bond motifs is 2. The van der Waals surface area contributed by atoms with Crippen LogP contribution in [0.2, 0.25) is 0 Å². The van der Waals surface area contributed by atoms with Gasteiger partial charge >= 0.3 is 0 Å². The molecule has 2 atom stereocenters. The first-order chi connectivity index (χ1) is 12.0. The van der Waals surface area contributed by atoms with E-state index in [2.05, 4.69) is 13.8 Å². The van der Waals surface area contributed by atoms with Crippen LogP contribution >= 0.6 is 11.3 Å². The lowest BCUT2D eigenvalue weighted by Crippen LogP contribution is -2.42. The molecule has 0 unspecified atom stereocenters. The van der Waals surface area contributed by atoms with Crippen LogP contribution in [0.4, 0.5) is 0 Å². The third-order valence-electron chi connectivity index (χ3n) is 5.51. The first-order valence-corrected chi connectivity index (χ1v) is 10.1. The number of likely N-dealkylation sites (tertiary alicyclic amines) is 1. The summed E-state index contributed by atoms with van der Waals surface area (Å²) >= 11 is 1.40. The van der Waals surface area contributed by atoms with Crippen LogP contribution in [0.25, 0.3) is 10.2 Å². The molecule has 2 aromatic rings. The Hall–Kier alpha value is -1.69. The van der Waals surface area contributed by atoms with Crippen molar-refractivity contribution in [2.45, 2.75) is 53.0 Å². The fourth-order valence-electron chi connectivity index (χ4n) is 4.41. The monoisotopic (exact) mass is 359 g/mol. The van der Waals surface area contributed by atoms with Crippen molar-refractivity contribution in [3.05, 3.63) is 26.6 Å². The van der Waals surface area contributed by atoms with E-state index < -0.39 is 0 Å². The molecule has 4 rings (SSSR count). The Balaban J connectivity index is 1.78. The second-order valence-corrected chi connectivity index (χ2v) is 8.83. The van der Waals surface area contributed by atoms with Crippen LogP contribution in [0.15, 0.2) is 4.79 Å². The molecule has 2 aliphatic heterocycles. The molecule has 2 aromatic heterocycles. The molecule has 1 amide bonds. The zero-order valence-electron chi connectivity index (χ0n) is 15.2. The molecule has 5 nitrogen and oxygen atoms in total. The molecule has 0 aliphatic carbocycles. The first kappa shape index (κ1) is 16.8. The highest BCUT2D eigenvalue weighted by Crippen LogP contribution is 2.31. The molecule has 4 heterocycles. The molecule has 25 heavy (non-hydrogen) atoms. The van der Waals surface area contributed by atoms with Crippen molar-refractivity contribution in [3.63, 3.8) is 0 Å². The number of hydrogen-bond acceptors (Lipinski definition) is 4. The number of nitrogens with zero attached hydrogens (tertiary/aromatic N) is 3. The first-order valence-electron chi connectivity index (χ1n) is 9.27. The fraction of sp³-hybridized carbons (Fsp3) is 0.632. The van der Waals surface area contributed by atoms with E-state index >= 15 is 0 Å². The normalized spacial score (nSPS) is 23.7. The van der Waals surface area contributed by atoms with Gasteiger partial charge in [-0.3, -0.25) is 14.2 Å². The Kier molecular flexibility index (Phi) is 4.18. The SMILES string of the molecule is Cc1c(C(=O)N2C[C@@H](C)C[C@H](C)C2)sc2nc3n(c(=O)c12)CCCC3. The lowest BCUT2D eigenvalue weighted by atomic mass is 9.92. The zero-order chi connectivity index (χ0) is 17.7. The fourth-order valence-corrected chi connectivity index (χ4v) is 5.57. The van der Waals surface area contributed by atoms with Crippen molar-refractivity contribution in [3.8, 4) is 0 Å². The number of rotatable bonds is 1. The summed E-state index contributed by atoms with van der Waals surface area (Å²) in [6.07, 6.45) is 4.13. The van der Waals surface area contributed by atoms with Gasteiger partial charge in [-0.25, -0.2) is 4.98 Å². The minimum Gasteiger partial charge on any atom is -0.337 e. The quantitative estimate of drug-likeness (QED) is 0.785. The van der Waals surface area contributed by atoms with Gasteiger partial charge < -0.3 is 4.90 Å². The Morgan fingerprint density at radius 3 is 2.64 bits per heavy atom. The van der Waals surface area contributed by atoms with Gasteiger partial charge in [0.25, 0.3) is 11.5 Å².